The van der Waals surface area contributed by atoms with Gasteiger partial charge in [0.15, 0.2) is 0 Å². The second-order valence-electron chi connectivity index (χ2n) is 8.05. The first-order valence-corrected chi connectivity index (χ1v) is 11.3. The van der Waals surface area contributed by atoms with Crippen LogP contribution in [0.15, 0.2) is 103 Å². The molecular weight excluding hydrogens is 394 g/mol. The second kappa shape index (κ2) is 6.37. The van der Waals surface area contributed by atoms with E-state index in [0.717, 1.165) is 5.52 Å². The van der Waals surface area contributed by atoms with Crippen molar-refractivity contribution in [1.29, 1.82) is 0 Å². The van der Waals surface area contributed by atoms with Gasteiger partial charge in [-0.25, -0.2) is 0 Å². The fourth-order valence-corrected chi connectivity index (χ4v) is 5.90. The third-order valence-corrected chi connectivity index (χ3v) is 7.39. The van der Waals surface area contributed by atoms with E-state index in [0.29, 0.717) is 0 Å². The van der Waals surface area contributed by atoms with Gasteiger partial charge in [-0.1, -0.05) is 66.7 Å². The maximum atomic E-state index is 4.52. The molecule has 0 saturated heterocycles. The summed E-state index contributed by atoms with van der Waals surface area (Å²) in [4.78, 5) is 5.84. The van der Waals surface area contributed by atoms with Crippen LogP contribution in [-0.4, -0.2) is 4.98 Å². The Hall–Kier alpha value is -3.75. The van der Waals surface area contributed by atoms with Crippen molar-refractivity contribution in [1.82, 2.24) is 4.98 Å². The van der Waals surface area contributed by atoms with Crippen LogP contribution in [0.4, 0.5) is 0 Å². The number of nitrogens with zero attached hydrogens (tertiary/aromatic N) is 1. The van der Waals surface area contributed by atoms with Crippen LogP contribution in [0.3, 0.4) is 0 Å². The highest BCUT2D eigenvalue weighted by Crippen LogP contribution is 2.41. The van der Waals surface area contributed by atoms with Crippen LogP contribution in [0.2, 0.25) is 0 Å². The zero-order valence-electron chi connectivity index (χ0n) is 16.7. The topological polar surface area (TPSA) is 12.9 Å². The van der Waals surface area contributed by atoms with Crippen LogP contribution in [0.1, 0.15) is 0 Å². The zero-order valence-corrected chi connectivity index (χ0v) is 17.5. The van der Waals surface area contributed by atoms with Gasteiger partial charge in [0.2, 0.25) is 0 Å². The van der Waals surface area contributed by atoms with Gasteiger partial charge < -0.3 is 0 Å². The highest BCUT2D eigenvalue weighted by Gasteiger charge is 2.12. The highest BCUT2D eigenvalue weighted by atomic mass is 32.1. The molecule has 0 aliphatic rings. The van der Waals surface area contributed by atoms with Gasteiger partial charge in [0.25, 0.3) is 0 Å². The third-order valence-electron chi connectivity index (χ3n) is 6.33. The predicted octanol–water partition coefficient (Wildman–Crippen LogP) is 8.58. The van der Waals surface area contributed by atoms with Crippen molar-refractivity contribution in [2.24, 2.45) is 0 Å². The van der Waals surface area contributed by atoms with Crippen LogP contribution in [-0.2, 0) is 0 Å². The van der Waals surface area contributed by atoms with Gasteiger partial charge in [-0.05, 0) is 72.9 Å². The second-order valence-corrected chi connectivity index (χ2v) is 8.93. The molecule has 144 valence electrons. The molecule has 0 spiro atoms. The molecule has 0 N–H and O–H groups in total. The molecule has 0 fully saturated rings. The number of benzene rings is 5. The summed E-state index contributed by atoms with van der Waals surface area (Å²) in [6, 6.07) is 33.1. The summed E-state index contributed by atoms with van der Waals surface area (Å²) in [6.07, 6.45) is 1.86. The first-order valence-electron chi connectivity index (χ1n) is 10.5. The fraction of sp³-hybridized carbons (Fsp3) is 0. The van der Waals surface area contributed by atoms with Crippen molar-refractivity contribution in [3.8, 4) is 10.4 Å². The monoisotopic (exact) mass is 411 g/mol. The van der Waals surface area contributed by atoms with E-state index in [9.17, 15) is 0 Å². The summed E-state index contributed by atoms with van der Waals surface area (Å²) in [7, 11) is 0. The number of thiophene rings is 1. The molecule has 0 saturated carbocycles. The van der Waals surface area contributed by atoms with Gasteiger partial charge in [-0.3, -0.25) is 4.98 Å². The molecule has 7 rings (SSSR count). The van der Waals surface area contributed by atoms with Crippen LogP contribution in [0.5, 0.6) is 0 Å². The molecule has 31 heavy (non-hydrogen) atoms. The normalized spacial score (nSPS) is 11.9. The number of aromatic nitrogens is 1. The molecular formula is C29H17NS. The lowest BCUT2D eigenvalue weighted by molar-refractivity contribution is 1.42. The van der Waals surface area contributed by atoms with E-state index in [2.05, 4.69) is 95.3 Å². The SMILES string of the molecule is c1cnc2cc3csc(-c4ccc5c6ccccc6c6ccccc6c5c4)c3cc2c1. The van der Waals surface area contributed by atoms with Crippen molar-refractivity contribution < 1.29 is 0 Å². The smallest absolute Gasteiger partial charge is 0.0708 e. The van der Waals surface area contributed by atoms with E-state index in [1.165, 1.54) is 58.9 Å². The minimum Gasteiger partial charge on any atom is -0.256 e. The van der Waals surface area contributed by atoms with Gasteiger partial charge in [0, 0.05) is 21.8 Å². The molecule has 0 amide bonds. The largest absolute Gasteiger partial charge is 0.256 e. The molecule has 0 atom stereocenters. The summed E-state index contributed by atoms with van der Waals surface area (Å²) in [5.41, 5.74) is 2.33. The van der Waals surface area contributed by atoms with Crippen LogP contribution < -0.4 is 0 Å². The molecule has 2 heteroatoms. The van der Waals surface area contributed by atoms with Crippen molar-refractivity contribution in [2.45, 2.75) is 0 Å². The van der Waals surface area contributed by atoms with Gasteiger partial charge in [-0.15, -0.1) is 11.3 Å². The minimum atomic E-state index is 1.05. The van der Waals surface area contributed by atoms with E-state index in [-0.39, 0.29) is 0 Å². The molecule has 0 radical (unpaired) electrons. The predicted molar refractivity (Wildman–Crippen MR) is 135 cm³/mol. The number of hydrogen-bond acceptors (Lipinski definition) is 2. The first-order chi connectivity index (χ1) is 15.4. The van der Waals surface area contributed by atoms with Gasteiger partial charge in [0.05, 0.1) is 5.52 Å². The molecule has 5 aromatic carbocycles. The van der Waals surface area contributed by atoms with Crippen molar-refractivity contribution >= 4 is 65.3 Å². The van der Waals surface area contributed by atoms with E-state index in [4.69, 9.17) is 0 Å². The molecule has 1 nitrogen and oxygen atoms in total. The van der Waals surface area contributed by atoms with Gasteiger partial charge in [-0.2, -0.15) is 0 Å². The summed E-state index contributed by atoms with van der Waals surface area (Å²) >= 11 is 1.82. The maximum Gasteiger partial charge on any atom is 0.0708 e. The average Bonchev–Trinajstić information content (AvgIpc) is 3.25. The van der Waals surface area contributed by atoms with Crippen LogP contribution >= 0.6 is 11.3 Å². The van der Waals surface area contributed by atoms with E-state index >= 15 is 0 Å². The molecule has 7 aromatic rings. The Labute approximate surface area is 183 Å². The molecule has 0 aliphatic carbocycles. The zero-order chi connectivity index (χ0) is 20.4. The van der Waals surface area contributed by atoms with E-state index in [1.807, 2.05) is 23.6 Å². The number of rotatable bonds is 1. The summed E-state index contributed by atoms with van der Waals surface area (Å²) < 4.78 is 0. The lowest BCUT2D eigenvalue weighted by atomic mass is 9.93. The highest BCUT2D eigenvalue weighted by molar-refractivity contribution is 7.15. The summed E-state index contributed by atoms with van der Waals surface area (Å²) in [6.45, 7) is 0. The first kappa shape index (κ1) is 17.0. The molecule has 2 aromatic heterocycles. The standard InChI is InChI=1S/C29H17NS/c1-2-9-23-21(7-1)22-8-3-4-10-24(22)27-15-19(11-12-25(23)27)29-26-14-18-6-5-13-30-28(18)16-20(26)17-31-29/h1-17H. The summed E-state index contributed by atoms with van der Waals surface area (Å²) in [5, 5.41) is 13.9. The lowest BCUT2D eigenvalue weighted by Crippen LogP contribution is -1.84. The number of pyridine rings is 1. The lowest BCUT2D eigenvalue weighted by Gasteiger charge is -2.11. The number of fused-ring (bicyclic) bond motifs is 8. The van der Waals surface area contributed by atoms with Crippen LogP contribution in [0, 0.1) is 0 Å². The van der Waals surface area contributed by atoms with Crippen molar-refractivity contribution in [3.05, 3.63) is 103 Å². The molecule has 2 heterocycles. The Morgan fingerprint density at radius 2 is 1.19 bits per heavy atom. The summed E-state index contributed by atoms with van der Waals surface area (Å²) in [5.74, 6) is 0. The van der Waals surface area contributed by atoms with E-state index in [1.54, 1.807) is 0 Å². The minimum absolute atomic E-state index is 1.05. The molecule has 0 bridgehead atoms. The quantitative estimate of drug-likeness (QED) is 0.247. The van der Waals surface area contributed by atoms with Gasteiger partial charge >= 0.3 is 0 Å². The van der Waals surface area contributed by atoms with Crippen molar-refractivity contribution in [3.63, 3.8) is 0 Å². The molecule has 0 aliphatic heterocycles. The Bertz CT molecular complexity index is 1760. The van der Waals surface area contributed by atoms with Crippen molar-refractivity contribution in [2.75, 3.05) is 0 Å². The Morgan fingerprint density at radius 1 is 0.516 bits per heavy atom. The third kappa shape index (κ3) is 2.46. The Kier molecular flexibility index (Phi) is 3.49. The Morgan fingerprint density at radius 3 is 1.94 bits per heavy atom. The maximum absolute atomic E-state index is 4.52. The van der Waals surface area contributed by atoms with Crippen LogP contribution in [0.25, 0.3) is 64.4 Å². The Balaban J connectivity index is 1.57. The van der Waals surface area contributed by atoms with E-state index < -0.39 is 0 Å². The van der Waals surface area contributed by atoms with Gasteiger partial charge in [0.1, 0.15) is 0 Å². The average molecular weight is 412 g/mol. The fourth-order valence-electron chi connectivity index (χ4n) is 4.89. The molecule has 0 unspecified atom stereocenters. The number of hydrogen-bond donors (Lipinski definition) is 0.